The minimum absolute atomic E-state index is 0.333. The molecule has 0 aliphatic heterocycles. The highest BCUT2D eigenvalue weighted by molar-refractivity contribution is 6.12. The van der Waals surface area contributed by atoms with Gasteiger partial charge < -0.3 is 4.57 Å². The summed E-state index contributed by atoms with van der Waals surface area (Å²) in [4.78, 5) is 23.6. The Bertz CT molecular complexity index is 2980. The van der Waals surface area contributed by atoms with Gasteiger partial charge in [0.15, 0.2) is 5.82 Å². The van der Waals surface area contributed by atoms with E-state index in [2.05, 4.69) is 113 Å². The van der Waals surface area contributed by atoms with Crippen molar-refractivity contribution in [2.75, 3.05) is 0 Å². The first-order chi connectivity index (χ1) is 25.2. The van der Waals surface area contributed by atoms with Crippen LogP contribution < -0.4 is 5.69 Å². The summed E-state index contributed by atoms with van der Waals surface area (Å²) in [5.41, 5.74) is 8.73. The Balaban J connectivity index is 1.17. The van der Waals surface area contributed by atoms with Crippen molar-refractivity contribution in [1.29, 1.82) is 0 Å². The summed E-state index contributed by atoms with van der Waals surface area (Å²) in [6, 6.07) is 60.0. The fourth-order valence-electron chi connectivity index (χ4n) is 7.46. The molecule has 6 heteroatoms. The highest BCUT2D eigenvalue weighted by atomic mass is 16.1. The van der Waals surface area contributed by atoms with Crippen LogP contribution >= 0.6 is 0 Å². The molecule has 0 N–H and O–H groups in total. The minimum atomic E-state index is -0.393. The molecule has 0 fully saturated rings. The topological polar surface area (TPSA) is 57.6 Å². The highest BCUT2D eigenvalue weighted by Gasteiger charge is 2.20. The lowest BCUT2D eigenvalue weighted by atomic mass is 10.0. The number of rotatable bonds is 5. The largest absolute Gasteiger partial charge is 0.357 e. The van der Waals surface area contributed by atoms with Crippen LogP contribution in [-0.4, -0.2) is 23.7 Å². The van der Waals surface area contributed by atoms with Gasteiger partial charge in [-0.2, -0.15) is 9.97 Å². The molecule has 51 heavy (non-hydrogen) atoms. The molecule has 0 spiro atoms. The standard InChI is InChI=1S/C45H29N5O/c51-45-47-44(46-43(30-14-4-1-5-15-30)49(45)34-18-8-3-9-19-34)50-40-23-13-11-21-36(40)38-29-32(25-27-42(38)50)31-24-26-41-37(28-31)35-20-10-12-22-39(35)48(41)33-16-6-2-7-17-33/h1-29H. The Kier molecular flexibility index (Phi) is 6.54. The summed E-state index contributed by atoms with van der Waals surface area (Å²) in [6.07, 6.45) is 0. The molecule has 0 bridgehead atoms. The van der Waals surface area contributed by atoms with Crippen molar-refractivity contribution in [2.45, 2.75) is 0 Å². The van der Waals surface area contributed by atoms with Crippen LogP contribution in [0.25, 0.3) is 83.4 Å². The van der Waals surface area contributed by atoms with E-state index in [1.807, 2.05) is 77.4 Å². The van der Waals surface area contributed by atoms with Crippen LogP contribution in [0.2, 0.25) is 0 Å². The van der Waals surface area contributed by atoms with E-state index < -0.39 is 5.69 Å². The molecule has 0 unspecified atom stereocenters. The maximum Gasteiger partial charge on any atom is 0.357 e. The van der Waals surface area contributed by atoms with Crippen molar-refractivity contribution in [3.8, 4) is 39.8 Å². The van der Waals surface area contributed by atoms with Crippen molar-refractivity contribution in [1.82, 2.24) is 23.7 Å². The molecule has 6 nitrogen and oxygen atoms in total. The Labute approximate surface area is 292 Å². The van der Waals surface area contributed by atoms with Crippen LogP contribution in [0.4, 0.5) is 0 Å². The van der Waals surface area contributed by atoms with Crippen LogP contribution in [0.1, 0.15) is 0 Å². The quantitative estimate of drug-likeness (QED) is 0.185. The van der Waals surface area contributed by atoms with Crippen molar-refractivity contribution < 1.29 is 0 Å². The molecule has 3 aromatic heterocycles. The highest BCUT2D eigenvalue weighted by Crippen LogP contribution is 2.38. The number of hydrogen-bond donors (Lipinski definition) is 0. The van der Waals surface area contributed by atoms with E-state index >= 15 is 0 Å². The molecular formula is C45H29N5O. The third-order valence-electron chi connectivity index (χ3n) is 9.74. The van der Waals surface area contributed by atoms with Gasteiger partial charge in [0.05, 0.1) is 27.8 Å². The first-order valence-electron chi connectivity index (χ1n) is 17.0. The van der Waals surface area contributed by atoms with Crippen LogP contribution in [0.3, 0.4) is 0 Å². The Morgan fingerprint density at radius 2 is 0.804 bits per heavy atom. The number of nitrogens with zero attached hydrogens (tertiary/aromatic N) is 5. The SMILES string of the molecule is O=c1nc(-n2c3ccccc3c3cc(-c4ccc5c(c4)c4ccccc4n5-c4ccccc4)ccc32)nc(-c2ccccc2)n1-c1ccccc1. The smallest absolute Gasteiger partial charge is 0.309 e. The zero-order valence-corrected chi connectivity index (χ0v) is 27.4. The molecule has 0 aliphatic rings. The van der Waals surface area contributed by atoms with E-state index in [1.165, 1.54) is 21.8 Å². The number of hydrogen-bond acceptors (Lipinski definition) is 3. The van der Waals surface area contributed by atoms with Crippen LogP contribution in [0.5, 0.6) is 0 Å². The Morgan fingerprint density at radius 1 is 0.353 bits per heavy atom. The lowest BCUT2D eigenvalue weighted by molar-refractivity contribution is 0.833. The molecule has 0 radical (unpaired) electrons. The van der Waals surface area contributed by atoms with Crippen LogP contribution in [-0.2, 0) is 0 Å². The molecule has 3 heterocycles. The molecule has 0 saturated carbocycles. The van der Waals surface area contributed by atoms with Gasteiger partial charge in [-0.05, 0) is 71.8 Å². The van der Waals surface area contributed by atoms with Crippen molar-refractivity contribution in [3.05, 3.63) is 186 Å². The second-order valence-corrected chi connectivity index (χ2v) is 12.7. The first kappa shape index (κ1) is 28.9. The third-order valence-corrected chi connectivity index (χ3v) is 9.74. The number of fused-ring (bicyclic) bond motifs is 6. The van der Waals surface area contributed by atoms with Gasteiger partial charge in [-0.3, -0.25) is 4.57 Å². The fraction of sp³-hybridized carbons (Fsp3) is 0. The lowest BCUT2D eigenvalue weighted by Gasteiger charge is -2.14. The number of para-hydroxylation sites is 4. The van der Waals surface area contributed by atoms with Gasteiger partial charge >= 0.3 is 5.69 Å². The summed E-state index contributed by atoms with van der Waals surface area (Å²) in [7, 11) is 0. The van der Waals surface area contributed by atoms with Crippen molar-refractivity contribution in [2.24, 2.45) is 0 Å². The maximum atomic E-state index is 13.9. The fourth-order valence-corrected chi connectivity index (χ4v) is 7.46. The molecule has 0 atom stereocenters. The van der Waals surface area contributed by atoms with Gasteiger partial charge in [-0.15, -0.1) is 0 Å². The summed E-state index contributed by atoms with van der Waals surface area (Å²) in [6.45, 7) is 0. The van der Waals surface area contributed by atoms with Gasteiger partial charge in [0.25, 0.3) is 0 Å². The van der Waals surface area contributed by atoms with E-state index in [1.54, 1.807) is 4.57 Å². The van der Waals surface area contributed by atoms with Crippen LogP contribution in [0.15, 0.2) is 181 Å². The predicted octanol–water partition coefficient (Wildman–Crippen LogP) is 10.2. The molecule has 240 valence electrons. The molecule has 7 aromatic carbocycles. The van der Waals surface area contributed by atoms with E-state index in [9.17, 15) is 4.79 Å². The summed E-state index contributed by atoms with van der Waals surface area (Å²) < 4.78 is 5.92. The Hall–Kier alpha value is -7.05. The van der Waals surface area contributed by atoms with E-state index in [0.29, 0.717) is 17.5 Å². The zero-order chi connectivity index (χ0) is 33.9. The van der Waals surface area contributed by atoms with Gasteiger partial charge in [-0.25, -0.2) is 9.36 Å². The van der Waals surface area contributed by atoms with Crippen molar-refractivity contribution >= 4 is 43.6 Å². The van der Waals surface area contributed by atoms with Crippen molar-refractivity contribution in [3.63, 3.8) is 0 Å². The summed E-state index contributed by atoms with van der Waals surface area (Å²) >= 11 is 0. The van der Waals surface area contributed by atoms with Gasteiger partial charge in [-0.1, -0.05) is 115 Å². The molecular weight excluding hydrogens is 627 g/mol. The number of aromatic nitrogens is 5. The second-order valence-electron chi connectivity index (χ2n) is 12.7. The van der Waals surface area contributed by atoms with Gasteiger partial charge in [0.1, 0.15) is 0 Å². The van der Waals surface area contributed by atoms with E-state index in [-0.39, 0.29) is 0 Å². The lowest BCUT2D eigenvalue weighted by Crippen LogP contribution is -2.26. The maximum absolute atomic E-state index is 13.9. The molecule has 0 saturated heterocycles. The molecule has 0 amide bonds. The third kappa shape index (κ3) is 4.61. The normalized spacial score (nSPS) is 11.6. The summed E-state index contributed by atoms with van der Waals surface area (Å²) in [5.74, 6) is 0.863. The predicted molar refractivity (Wildman–Crippen MR) is 207 cm³/mol. The summed E-state index contributed by atoms with van der Waals surface area (Å²) in [5, 5.41) is 4.54. The van der Waals surface area contributed by atoms with E-state index in [4.69, 9.17) is 4.98 Å². The second kappa shape index (κ2) is 11.5. The average molecular weight is 656 g/mol. The molecule has 10 aromatic rings. The van der Waals surface area contributed by atoms with Gasteiger partial charge in [0, 0.05) is 32.8 Å². The molecule has 10 rings (SSSR count). The first-order valence-corrected chi connectivity index (χ1v) is 17.0. The van der Waals surface area contributed by atoms with Gasteiger partial charge in [0.2, 0.25) is 5.95 Å². The monoisotopic (exact) mass is 655 g/mol. The average Bonchev–Trinajstić information content (AvgIpc) is 3.71. The van der Waals surface area contributed by atoms with E-state index in [0.717, 1.165) is 44.2 Å². The zero-order valence-electron chi connectivity index (χ0n) is 27.4. The van der Waals surface area contributed by atoms with Crippen LogP contribution in [0, 0.1) is 0 Å². The number of benzene rings is 7. The Morgan fingerprint density at radius 3 is 1.39 bits per heavy atom. The minimum Gasteiger partial charge on any atom is -0.309 e. The molecule has 0 aliphatic carbocycles.